The zero-order valence-corrected chi connectivity index (χ0v) is 23.5. The molecular weight excluding hydrogens is 530 g/mol. The lowest BCUT2D eigenvalue weighted by Gasteiger charge is -2.31. The van der Waals surface area contributed by atoms with Crippen molar-refractivity contribution in [3.63, 3.8) is 0 Å². The number of carbonyl (C=O) groups is 2. The van der Waals surface area contributed by atoms with E-state index in [2.05, 4.69) is 35.1 Å². The number of nitrogens with zero attached hydrogens (tertiary/aromatic N) is 2. The SMILES string of the molecule is CCCCNC(=O)C(C)N(Cc1ccc(Br)cc1)C(=O)CN(c1ccc(C(C)C)cc1)S(C)(=O)=O. The summed E-state index contributed by atoms with van der Waals surface area (Å²) in [5.41, 5.74) is 2.32. The number of nitrogens with one attached hydrogen (secondary N) is 1. The minimum Gasteiger partial charge on any atom is -0.354 e. The average molecular weight is 567 g/mol. The smallest absolute Gasteiger partial charge is 0.244 e. The number of hydrogen-bond acceptors (Lipinski definition) is 4. The number of anilines is 1. The van der Waals surface area contributed by atoms with Crippen molar-refractivity contribution in [2.75, 3.05) is 23.7 Å². The molecule has 7 nitrogen and oxygen atoms in total. The molecule has 0 saturated heterocycles. The van der Waals surface area contributed by atoms with Gasteiger partial charge in [-0.3, -0.25) is 13.9 Å². The molecule has 0 fully saturated rings. The first-order valence-corrected chi connectivity index (χ1v) is 14.5. The Bertz CT molecular complexity index is 1090. The molecule has 1 atom stereocenters. The van der Waals surface area contributed by atoms with Crippen LogP contribution in [0.3, 0.4) is 0 Å². The molecule has 0 aliphatic rings. The van der Waals surface area contributed by atoms with Crippen LogP contribution in [0, 0.1) is 0 Å². The minimum absolute atomic E-state index is 0.179. The second-order valence-electron chi connectivity index (χ2n) is 8.98. The highest BCUT2D eigenvalue weighted by molar-refractivity contribution is 9.10. The lowest BCUT2D eigenvalue weighted by molar-refractivity contribution is -0.139. The van der Waals surface area contributed by atoms with Gasteiger partial charge in [0.15, 0.2) is 0 Å². The van der Waals surface area contributed by atoms with Gasteiger partial charge >= 0.3 is 0 Å². The number of carbonyl (C=O) groups excluding carboxylic acids is 2. The second kappa shape index (κ2) is 13.1. The summed E-state index contributed by atoms with van der Waals surface area (Å²) < 4.78 is 27.3. The molecule has 0 aromatic heterocycles. The fourth-order valence-corrected chi connectivity index (χ4v) is 4.66. The van der Waals surface area contributed by atoms with Crippen molar-refractivity contribution in [1.82, 2.24) is 10.2 Å². The zero-order chi connectivity index (χ0) is 26.2. The maximum atomic E-state index is 13.5. The van der Waals surface area contributed by atoms with E-state index in [1.807, 2.05) is 43.3 Å². The predicted octanol–water partition coefficient (Wildman–Crippen LogP) is 4.67. The van der Waals surface area contributed by atoms with Gasteiger partial charge in [0.1, 0.15) is 12.6 Å². The summed E-state index contributed by atoms with van der Waals surface area (Å²) in [7, 11) is -3.74. The largest absolute Gasteiger partial charge is 0.354 e. The Morgan fingerprint density at radius 3 is 2.11 bits per heavy atom. The molecule has 0 saturated carbocycles. The quantitative estimate of drug-likeness (QED) is 0.379. The molecule has 1 N–H and O–H groups in total. The number of halogens is 1. The van der Waals surface area contributed by atoms with Gasteiger partial charge < -0.3 is 10.2 Å². The third-order valence-corrected chi connectivity index (χ3v) is 7.46. The monoisotopic (exact) mass is 565 g/mol. The van der Waals surface area contributed by atoms with Gasteiger partial charge in [-0.05, 0) is 54.7 Å². The molecule has 0 aliphatic heterocycles. The van der Waals surface area contributed by atoms with Crippen LogP contribution in [-0.2, 0) is 26.2 Å². The van der Waals surface area contributed by atoms with Crippen molar-refractivity contribution in [1.29, 1.82) is 0 Å². The fraction of sp³-hybridized carbons (Fsp3) is 0.462. The van der Waals surface area contributed by atoms with E-state index in [0.717, 1.165) is 39.0 Å². The highest BCUT2D eigenvalue weighted by Gasteiger charge is 2.30. The molecule has 9 heteroatoms. The van der Waals surface area contributed by atoms with Crippen molar-refractivity contribution in [2.45, 2.75) is 59.0 Å². The second-order valence-corrected chi connectivity index (χ2v) is 11.8. The summed E-state index contributed by atoms with van der Waals surface area (Å²) in [6.45, 7) is 8.12. The van der Waals surface area contributed by atoms with Gasteiger partial charge in [0.2, 0.25) is 21.8 Å². The Morgan fingerprint density at radius 1 is 1.00 bits per heavy atom. The number of hydrogen-bond donors (Lipinski definition) is 1. The van der Waals surface area contributed by atoms with E-state index < -0.39 is 28.5 Å². The Morgan fingerprint density at radius 2 is 1.60 bits per heavy atom. The van der Waals surface area contributed by atoms with E-state index in [1.165, 1.54) is 4.90 Å². The number of rotatable bonds is 12. The van der Waals surface area contributed by atoms with Crippen LogP contribution in [-0.4, -0.2) is 50.5 Å². The summed E-state index contributed by atoms with van der Waals surface area (Å²) >= 11 is 3.40. The van der Waals surface area contributed by atoms with Crippen LogP contribution < -0.4 is 9.62 Å². The minimum atomic E-state index is -3.74. The van der Waals surface area contributed by atoms with E-state index in [4.69, 9.17) is 0 Å². The van der Waals surface area contributed by atoms with Crippen molar-refractivity contribution in [2.24, 2.45) is 0 Å². The molecule has 0 heterocycles. The molecule has 0 spiro atoms. The summed E-state index contributed by atoms with van der Waals surface area (Å²) in [5, 5.41) is 2.87. The third kappa shape index (κ3) is 8.65. The Kier molecular flexibility index (Phi) is 10.8. The Balaban J connectivity index is 2.34. The van der Waals surface area contributed by atoms with Gasteiger partial charge in [-0.1, -0.05) is 67.4 Å². The van der Waals surface area contributed by atoms with E-state index in [9.17, 15) is 18.0 Å². The number of unbranched alkanes of at least 4 members (excludes halogenated alkanes) is 1. The van der Waals surface area contributed by atoms with Crippen molar-refractivity contribution < 1.29 is 18.0 Å². The average Bonchev–Trinajstić information content (AvgIpc) is 2.81. The zero-order valence-electron chi connectivity index (χ0n) is 21.1. The predicted molar refractivity (Wildman–Crippen MR) is 145 cm³/mol. The molecular formula is C26H36BrN3O4S. The molecule has 192 valence electrons. The Labute approximate surface area is 218 Å². The summed E-state index contributed by atoms with van der Waals surface area (Å²) in [6.07, 6.45) is 2.86. The molecule has 2 aromatic rings. The Hall–Kier alpha value is -2.39. The molecule has 35 heavy (non-hydrogen) atoms. The highest BCUT2D eigenvalue weighted by Crippen LogP contribution is 2.23. The maximum Gasteiger partial charge on any atom is 0.244 e. The van der Waals surface area contributed by atoms with E-state index in [-0.39, 0.29) is 12.5 Å². The van der Waals surface area contributed by atoms with Gasteiger partial charge in [-0.2, -0.15) is 0 Å². The molecule has 0 radical (unpaired) electrons. The van der Waals surface area contributed by atoms with Crippen LogP contribution >= 0.6 is 15.9 Å². The van der Waals surface area contributed by atoms with Gasteiger partial charge in [-0.25, -0.2) is 8.42 Å². The van der Waals surface area contributed by atoms with E-state index in [1.54, 1.807) is 19.1 Å². The van der Waals surface area contributed by atoms with Crippen molar-refractivity contribution in [3.8, 4) is 0 Å². The number of sulfonamides is 1. The number of amides is 2. The van der Waals surface area contributed by atoms with E-state index >= 15 is 0 Å². The number of benzene rings is 2. The normalized spacial score (nSPS) is 12.3. The summed E-state index contributed by atoms with van der Waals surface area (Å²) in [5.74, 6) is -0.425. The molecule has 2 amide bonds. The first-order valence-electron chi connectivity index (χ1n) is 11.8. The summed E-state index contributed by atoms with van der Waals surface area (Å²) in [6, 6.07) is 13.8. The third-order valence-electron chi connectivity index (χ3n) is 5.79. The van der Waals surface area contributed by atoms with Crippen LogP contribution in [0.25, 0.3) is 0 Å². The van der Waals surface area contributed by atoms with Crippen LogP contribution in [0.4, 0.5) is 5.69 Å². The first kappa shape index (κ1) is 28.8. The van der Waals surface area contributed by atoms with Gasteiger partial charge in [0.05, 0.1) is 11.9 Å². The molecule has 2 rings (SSSR count). The molecule has 0 aliphatic carbocycles. The van der Waals surface area contributed by atoms with Gasteiger partial charge in [0, 0.05) is 17.6 Å². The fourth-order valence-electron chi connectivity index (χ4n) is 3.54. The van der Waals surface area contributed by atoms with Gasteiger partial charge in [-0.15, -0.1) is 0 Å². The van der Waals surface area contributed by atoms with Crippen molar-refractivity contribution >= 4 is 43.5 Å². The molecule has 2 aromatic carbocycles. The summed E-state index contributed by atoms with van der Waals surface area (Å²) in [4.78, 5) is 27.8. The molecule has 1 unspecified atom stereocenters. The topological polar surface area (TPSA) is 86.8 Å². The van der Waals surface area contributed by atoms with Gasteiger partial charge in [0.25, 0.3) is 0 Å². The van der Waals surface area contributed by atoms with Crippen LogP contribution in [0.5, 0.6) is 0 Å². The van der Waals surface area contributed by atoms with Crippen molar-refractivity contribution in [3.05, 3.63) is 64.1 Å². The first-order chi connectivity index (χ1) is 16.4. The molecule has 0 bridgehead atoms. The maximum absolute atomic E-state index is 13.5. The van der Waals surface area contributed by atoms with Crippen LogP contribution in [0.1, 0.15) is 57.6 Å². The standard InChI is InChI=1S/C26H36BrN3O4S/c1-6-7-16-28-26(32)20(4)29(17-21-8-12-23(27)13-9-21)25(31)18-30(35(5,33)34)24-14-10-22(11-15-24)19(2)3/h8-15,19-20H,6-7,16-18H2,1-5H3,(H,28,32). The van der Waals surface area contributed by atoms with E-state index in [0.29, 0.717) is 18.2 Å². The highest BCUT2D eigenvalue weighted by atomic mass is 79.9. The van der Waals surface area contributed by atoms with Crippen LogP contribution in [0.15, 0.2) is 53.0 Å². The van der Waals surface area contributed by atoms with Crippen LogP contribution in [0.2, 0.25) is 0 Å². The lowest BCUT2D eigenvalue weighted by Crippen LogP contribution is -2.51. The lowest BCUT2D eigenvalue weighted by atomic mass is 10.0.